The van der Waals surface area contributed by atoms with Gasteiger partial charge in [0, 0.05) is 23.8 Å². The van der Waals surface area contributed by atoms with Gasteiger partial charge >= 0.3 is 5.97 Å². The quantitative estimate of drug-likeness (QED) is 0.465. The van der Waals surface area contributed by atoms with Gasteiger partial charge in [0.05, 0.1) is 12.2 Å². The number of aliphatic hydroxyl groups is 2. The number of aliphatic hydroxyl groups excluding tert-OH is 2. The van der Waals surface area contributed by atoms with Crippen LogP contribution in [0.2, 0.25) is 0 Å². The SMILES string of the molecule is CC(C)C1=CCC2(C)C(O)C(O)CC(C)(OC(=O)C=Cc3ccccc3)C2C1. The van der Waals surface area contributed by atoms with E-state index in [0.29, 0.717) is 12.3 Å². The molecular weight excluding hydrogens is 352 g/mol. The number of hydrogen-bond acceptors (Lipinski definition) is 4. The molecule has 5 unspecified atom stereocenters. The van der Waals surface area contributed by atoms with Crippen molar-refractivity contribution in [3.8, 4) is 0 Å². The smallest absolute Gasteiger partial charge is 0.331 e. The van der Waals surface area contributed by atoms with Crippen LogP contribution in [0, 0.1) is 17.3 Å². The average Bonchev–Trinajstić information content (AvgIpc) is 2.65. The Bertz CT molecular complexity index is 766. The molecule has 0 aromatic heterocycles. The van der Waals surface area contributed by atoms with Crippen LogP contribution < -0.4 is 0 Å². The highest BCUT2D eigenvalue weighted by Gasteiger charge is 2.59. The van der Waals surface area contributed by atoms with Crippen molar-refractivity contribution in [1.82, 2.24) is 0 Å². The maximum Gasteiger partial charge on any atom is 0.331 e. The molecule has 4 heteroatoms. The summed E-state index contributed by atoms with van der Waals surface area (Å²) in [6, 6.07) is 9.60. The number of hydrogen-bond donors (Lipinski definition) is 2. The normalized spacial score (nSPS) is 35.5. The lowest BCUT2D eigenvalue weighted by molar-refractivity contribution is -0.215. The lowest BCUT2D eigenvalue weighted by Gasteiger charge is -2.57. The molecule has 0 saturated heterocycles. The summed E-state index contributed by atoms with van der Waals surface area (Å²) in [5, 5.41) is 21.3. The van der Waals surface area contributed by atoms with Gasteiger partial charge in [0.2, 0.25) is 0 Å². The first-order valence-corrected chi connectivity index (χ1v) is 10.2. The van der Waals surface area contributed by atoms with Gasteiger partial charge in [-0.3, -0.25) is 0 Å². The fourth-order valence-corrected chi connectivity index (χ4v) is 4.97. The van der Waals surface area contributed by atoms with Gasteiger partial charge in [0.15, 0.2) is 0 Å². The van der Waals surface area contributed by atoms with Crippen LogP contribution in [0.3, 0.4) is 0 Å². The molecule has 1 fully saturated rings. The maximum absolute atomic E-state index is 12.6. The molecule has 0 aliphatic heterocycles. The minimum Gasteiger partial charge on any atom is -0.456 e. The van der Waals surface area contributed by atoms with Gasteiger partial charge in [0.1, 0.15) is 5.60 Å². The van der Waals surface area contributed by atoms with E-state index < -0.39 is 29.2 Å². The average molecular weight is 385 g/mol. The second kappa shape index (κ2) is 7.84. The van der Waals surface area contributed by atoms with Crippen LogP contribution in [0.5, 0.6) is 0 Å². The fourth-order valence-electron chi connectivity index (χ4n) is 4.97. The van der Waals surface area contributed by atoms with Crippen molar-refractivity contribution >= 4 is 12.0 Å². The Morgan fingerprint density at radius 3 is 2.54 bits per heavy atom. The number of ether oxygens (including phenoxy) is 1. The molecule has 4 nitrogen and oxygen atoms in total. The molecule has 0 amide bonds. The van der Waals surface area contributed by atoms with E-state index in [4.69, 9.17) is 4.74 Å². The molecule has 152 valence electrons. The van der Waals surface area contributed by atoms with Crippen molar-refractivity contribution in [3.05, 3.63) is 53.6 Å². The van der Waals surface area contributed by atoms with E-state index >= 15 is 0 Å². The number of carbonyl (C=O) groups is 1. The third-order valence-electron chi connectivity index (χ3n) is 6.72. The first-order valence-electron chi connectivity index (χ1n) is 10.2. The molecule has 5 atom stereocenters. The summed E-state index contributed by atoms with van der Waals surface area (Å²) in [7, 11) is 0. The summed E-state index contributed by atoms with van der Waals surface area (Å²) >= 11 is 0. The van der Waals surface area contributed by atoms with E-state index in [1.54, 1.807) is 6.08 Å². The number of benzene rings is 1. The molecule has 0 bridgehead atoms. The van der Waals surface area contributed by atoms with Crippen LogP contribution in [0.15, 0.2) is 48.1 Å². The van der Waals surface area contributed by atoms with Gasteiger partial charge in [-0.1, -0.05) is 62.8 Å². The predicted octanol–water partition coefficient (Wildman–Crippen LogP) is 4.13. The largest absolute Gasteiger partial charge is 0.456 e. The molecule has 2 aliphatic carbocycles. The molecule has 28 heavy (non-hydrogen) atoms. The lowest BCUT2D eigenvalue weighted by Crippen LogP contribution is -2.62. The van der Waals surface area contributed by atoms with Crippen LogP contribution in [0.4, 0.5) is 0 Å². The van der Waals surface area contributed by atoms with Gasteiger partial charge in [-0.15, -0.1) is 0 Å². The molecule has 0 radical (unpaired) electrons. The van der Waals surface area contributed by atoms with Crippen molar-refractivity contribution in [1.29, 1.82) is 0 Å². The van der Waals surface area contributed by atoms with E-state index in [-0.39, 0.29) is 12.3 Å². The topological polar surface area (TPSA) is 66.8 Å². The highest BCUT2D eigenvalue weighted by atomic mass is 16.6. The molecule has 1 aromatic carbocycles. The van der Waals surface area contributed by atoms with Crippen molar-refractivity contribution < 1.29 is 19.7 Å². The molecule has 1 aromatic rings. The van der Waals surface area contributed by atoms with Gasteiger partial charge < -0.3 is 14.9 Å². The molecular formula is C24H32O4. The van der Waals surface area contributed by atoms with Crippen LogP contribution in [-0.2, 0) is 9.53 Å². The highest BCUT2D eigenvalue weighted by molar-refractivity contribution is 5.87. The van der Waals surface area contributed by atoms with Gasteiger partial charge in [-0.05, 0) is 37.3 Å². The lowest BCUT2D eigenvalue weighted by atomic mass is 9.53. The van der Waals surface area contributed by atoms with E-state index in [1.165, 1.54) is 11.6 Å². The third kappa shape index (κ3) is 3.94. The van der Waals surface area contributed by atoms with Gasteiger partial charge in [0.25, 0.3) is 0 Å². The van der Waals surface area contributed by atoms with Crippen LogP contribution in [-0.4, -0.2) is 34.0 Å². The van der Waals surface area contributed by atoms with Crippen molar-refractivity contribution in [2.45, 2.75) is 64.8 Å². The standard InChI is InChI=1S/C24H32O4/c1-16(2)18-12-13-23(3)20(14-18)24(4,15-19(25)22(23)27)28-21(26)11-10-17-8-6-5-7-9-17/h5-12,16,19-20,22,25,27H,13-15H2,1-4H3. The summed E-state index contributed by atoms with van der Waals surface area (Å²) in [4.78, 5) is 12.6. The van der Waals surface area contributed by atoms with E-state index in [1.807, 2.05) is 44.2 Å². The van der Waals surface area contributed by atoms with E-state index in [9.17, 15) is 15.0 Å². The molecule has 2 N–H and O–H groups in total. The zero-order valence-electron chi connectivity index (χ0n) is 17.3. The second-order valence-corrected chi connectivity index (χ2v) is 9.09. The number of allylic oxidation sites excluding steroid dienone is 2. The number of fused-ring (bicyclic) bond motifs is 1. The fraction of sp³-hybridized carbons (Fsp3) is 0.542. The highest BCUT2D eigenvalue weighted by Crippen LogP contribution is 2.55. The number of carbonyl (C=O) groups excluding carboxylic acids is 1. The summed E-state index contributed by atoms with van der Waals surface area (Å²) in [5.41, 5.74) is 0.901. The number of rotatable bonds is 4. The van der Waals surface area contributed by atoms with Crippen molar-refractivity contribution in [2.24, 2.45) is 17.3 Å². The molecule has 2 aliphatic rings. The Morgan fingerprint density at radius 1 is 1.21 bits per heavy atom. The summed E-state index contributed by atoms with van der Waals surface area (Å²) < 4.78 is 5.96. The Balaban J connectivity index is 1.84. The Hall–Kier alpha value is -1.91. The second-order valence-electron chi connectivity index (χ2n) is 9.09. The number of esters is 1. The van der Waals surface area contributed by atoms with Gasteiger partial charge in [-0.25, -0.2) is 4.79 Å². The van der Waals surface area contributed by atoms with E-state index in [0.717, 1.165) is 12.0 Å². The zero-order valence-corrected chi connectivity index (χ0v) is 17.3. The minimum atomic E-state index is -0.911. The maximum atomic E-state index is 12.6. The molecule has 0 spiro atoms. The zero-order chi connectivity index (χ0) is 20.5. The van der Waals surface area contributed by atoms with Crippen LogP contribution in [0.25, 0.3) is 6.08 Å². The monoisotopic (exact) mass is 384 g/mol. The third-order valence-corrected chi connectivity index (χ3v) is 6.72. The first-order chi connectivity index (χ1) is 13.2. The van der Waals surface area contributed by atoms with Crippen molar-refractivity contribution in [2.75, 3.05) is 0 Å². The molecule has 0 heterocycles. The first kappa shape index (κ1) is 20.8. The molecule has 1 saturated carbocycles. The Morgan fingerprint density at radius 2 is 1.89 bits per heavy atom. The summed E-state index contributed by atoms with van der Waals surface area (Å²) in [6.07, 6.45) is 5.32. The summed E-state index contributed by atoms with van der Waals surface area (Å²) in [5.74, 6) is -0.0562. The summed E-state index contributed by atoms with van der Waals surface area (Å²) in [6.45, 7) is 8.23. The Labute approximate surface area is 167 Å². The minimum absolute atomic E-state index is 0.0464. The van der Waals surface area contributed by atoms with Crippen LogP contribution >= 0.6 is 0 Å². The van der Waals surface area contributed by atoms with Crippen molar-refractivity contribution in [3.63, 3.8) is 0 Å². The predicted molar refractivity (Wildman–Crippen MR) is 110 cm³/mol. The Kier molecular flexibility index (Phi) is 5.83. The molecule has 3 rings (SSSR count). The van der Waals surface area contributed by atoms with Gasteiger partial charge in [-0.2, -0.15) is 0 Å². The van der Waals surface area contributed by atoms with E-state index in [2.05, 4.69) is 19.9 Å². The van der Waals surface area contributed by atoms with Crippen LogP contribution in [0.1, 0.15) is 52.5 Å².